The van der Waals surface area contributed by atoms with Gasteiger partial charge in [-0.3, -0.25) is 4.79 Å². The van der Waals surface area contributed by atoms with E-state index < -0.39 is 22.7 Å². The smallest absolute Gasteiger partial charge is 0.318 e. The molecule has 0 aliphatic heterocycles. The van der Waals surface area contributed by atoms with E-state index >= 15 is 0 Å². The SMILES string of the molecule is COCCNS(=O)(=O)N(CC(=O)O)CC1CC1. The van der Waals surface area contributed by atoms with Gasteiger partial charge in [-0.15, -0.1) is 0 Å². The number of carbonyl (C=O) groups is 1. The first kappa shape index (κ1) is 14.4. The van der Waals surface area contributed by atoms with Crippen molar-refractivity contribution in [3.63, 3.8) is 0 Å². The molecule has 0 saturated heterocycles. The first-order valence-corrected chi connectivity index (χ1v) is 6.85. The Bertz CT molecular complexity index is 352. The molecule has 0 bridgehead atoms. The number of methoxy groups -OCH3 is 1. The van der Waals surface area contributed by atoms with Crippen molar-refractivity contribution in [3.05, 3.63) is 0 Å². The van der Waals surface area contributed by atoms with Gasteiger partial charge in [-0.2, -0.15) is 17.4 Å². The van der Waals surface area contributed by atoms with Crippen LogP contribution in [0.1, 0.15) is 12.8 Å². The zero-order valence-electron chi connectivity index (χ0n) is 9.76. The van der Waals surface area contributed by atoms with Crippen molar-refractivity contribution in [2.75, 3.05) is 33.4 Å². The quantitative estimate of drug-likeness (QED) is 0.536. The third-order valence-electron chi connectivity index (χ3n) is 2.40. The fourth-order valence-corrected chi connectivity index (χ4v) is 2.56. The summed E-state index contributed by atoms with van der Waals surface area (Å²) in [6, 6.07) is 0. The highest BCUT2D eigenvalue weighted by molar-refractivity contribution is 7.87. The third-order valence-corrected chi connectivity index (χ3v) is 3.93. The van der Waals surface area contributed by atoms with Crippen LogP contribution in [-0.2, 0) is 19.7 Å². The normalized spacial score (nSPS) is 16.4. The van der Waals surface area contributed by atoms with Gasteiger partial charge in [-0.25, -0.2) is 0 Å². The number of carboxylic acids is 1. The highest BCUT2D eigenvalue weighted by Gasteiger charge is 2.31. The van der Waals surface area contributed by atoms with E-state index in [4.69, 9.17) is 9.84 Å². The molecule has 0 heterocycles. The number of nitrogens with one attached hydrogen (secondary N) is 1. The molecule has 0 spiro atoms. The molecule has 0 aromatic rings. The lowest BCUT2D eigenvalue weighted by Crippen LogP contribution is -2.45. The summed E-state index contributed by atoms with van der Waals surface area (Å²) >= 11 is 0. The van der Waals surface area contributed by atoms with Gasteiger partial charge >= 0.3 is 5.97 Å². The lowest BCUT2D eigenvalue weighted by molar-refractivity contribution is -0.137. The lowest BCUT2D eigenvalue weighted by atomic mass is 10.4. The summed E-state index contributed by atoms with van der Waals surface area (Å²) in [5.41, 5.74) is 0. The van der Waals surface area contributed by atoms with E-state index in [1.165, 1.54) is 7.11 Å². The second-order valence-corrected chi connectivity index (χ2v) is 5.78. The summed E-state index contributed by atoms with van der Waals surface area (Å²) in [6.45, 7) is 0.163. The Morgan fingerprint density at radius 2 is 2.18 bits per heavy atom. The van der Waals surface area contributed by atoms with Crippen molar-refractivity contribution < 1.29 is 23.1 Å². The highest BCUT2D eigenvalue weighted by atomic mass is 32.2. The number of rotatable bonds is 9. The summed E-state index contributed by atoms with van der Waals surface area (Å²) in [5.74, 6) is -0.851. The molecule has 8 heteroatoms. The van der Waals surface area contributed by atoms with Crippen LogP contribution in [0.15, 0.2) is 0 Å². The van der Waals surface area contributed by atoms with Gasteiger partial charge in [0.1, 0.15) is 6.54 Å². The molecule has 0 radical (unpaired) electrons. The molecule has 1 saturated carbocycles. The summed E-state index contributed by atoms with van der Waals surface area (Å²) in [7, 11) is -2.26. The maximum absolute atomic E-state index is 11.8. The summed E-state index contributed by atoms with van der Waals surface area (Å²) in [5, 5.41) is 8.69. The molecular formula is C9H18N2O5S. The second kappa shape index (κ2) is 6.29. The molecule has 1 rings (SSSR count). The topological polar surface area (TPSA) is 95.9 Å². The first-order chi connectivity index (χ1) is 7.95. The van der Waals surface area contributed by atoms with Crippen LogP contribution in [0.5, 0.6) is 0 Å². The molecule has 1 aliphatic carbocycles. The van der Waals surface area contributed by atoms with E-state index in [-0.39, 0.29) is 19.7 Å². The van der Waals surface area contributed by atoms with Crippen LogP contribution in [0.25, 0.3) is 0 Å². The van der Waals surface area contributed by atoms with E-state index in [1.54, 1.807) is 0 Å². The van der Waals surface area contributed by atoms with Gasteiger partial charge in [0.15, 0.2) is 0 Å². The zero-order valence-corrected chi connectivity index (χ0v) is 10.6. The molecule has 100 valence electrons. The van der Waals surface area contributed by atoms with Gasteiger partial charge in [-0.1, -0.05) is 0 Å². The average Bonchev–Trinajstić information content (AvgIpc) is 3.00. The standard InChI is InChI=1S/C9H18N2O5S/c1-16-5-4-10-17(14,15)11(7-9(12)13)6-8-2-3-8/h8,10H,2-7H2,1H3,(H,12,13). The highest BCUT2D eigenvalue weighted by Crippen LogP contribution is 2.30. The van der Waals surface area contributed by atoms with Crippen molar-refractivity contribution in [1.29, 1.82) is 0 Å². The Balaban J connectivity index is 2.55. The zero-order chi connectivity index (χ0) is 12.9. The number of hydrogen-bond donors (Lipinski definition) is 2. The van der Waals surface area contributed by atoms with Crippen molar-refractivity contribution >= 4 is 16.2 Å². The number of ether oxygens (including phenoxy) is 1. The first-order valence-electron chi connectivity index (χ1n) is 5.41. The molecule has 17 heavy (non-hydrogen) atoms. The summed E-state index contributed by atoms with van der Waals surface area (Å²) in [6.07, 6.45) is 1.92. The fourth-order valence-electron chi connectivity index (χ4n) is 1.35. The summed E-state index contributed by atoms with van der Waals surface area (Å²) in [4.78, 5) is 10.6. The molecular weight excluding hydrogens is 248 g/mol. The van der Waals surface area contributed by atoms with Crippen LogP contribution in [0, 0.1) is 5.92 Å². The fraction of sp³-hybridized carbons (Fsp3) is 0.889. The Kier molecular flexibility index (Phi) is 5.31. The monoisotopic (exact) mass is 266 g/mol. The van der Waals surface area contributed by atoms with Crippen LogP contribution in [0.3, 0.4) is 0 Å². The lowest BCUT2D eigenvalue weighted by Gasteiger charge is -2.20. The van der Waals surface area contributed by atoms with Crippen LogP contribution < -0.4 is 4.72 Å². The van der Waals surface area contributed by atoms with E-state index in [1.807, 2.05) is 0 Å². The molecule has 1 fully saturated rings. The largest absolute Gasteiger partial charge is 0.480 e. The Hall–Kier alpha value is -0.700. The molecule has 2 N–H and O–H groups in total. The van der Waals surface area contributed by atoms with E-state index in [0.717, 1.165) is 17.1 Å². The summed E-state index contributed by atoms with van der Waals surface area (Å²) < 4.78 is 31.6. The van der Waals surface area contributed by atoms with Crippen molar-refractivity contribution in [2.45, 2.75) is 12.8 Å². The van der Waals surface area contributed by atoms with Crippen molar-refractivity contribution in [1.82, 2.24) is 9.03 Å². The second-order valence-electron chi connectivity index (χ2n) is 4.02. The van der Waals surface area contributed by atoms with Crippen molar-refractivity contribution in [2.24, 2.45) is 5.92 Å². The number of nitrogens with zero attached hydrogens (tertiary/aromatic N) is 1. The maximum Gasteiger partial charge on any atom is 0.318 e. The van der Waals surface area contributed by atoms with Gasteiger partial charge in [0, 0.05) is 20.2 Å². The minimum absolute atomic E-state index is 0.139. The van der Waals surface area contributed by atoms with Gasteiger partial charge in [-0.05, 0) is 18.8 Å². The van der Waals surface area contributed by atoms with Gasteiger partial charge in [0.05, 0.1) is 6.61 Å². The Morgan fingerprint density at radius 1 is 1.53 bits per heavy atom. The molecule has 0 unspecified atom stereocenters. The predicted octanol–water partition coefficient (Wildman–Crippen LogP) is -0.736. The van der Waals surface area contributed by atoms with Crippen LogP contribution in [-0.4, -0.2) is 57.1 Å². The predicted molar refractivity (Wildman–Crippen MR) is 60.7 cm³/mol. The van der Waals surface area contributed by atoms with E-state index in [2.05, 4.69) is 4.72 Å². The van der Waals surface area contributed by atoms with Crippen LogP contribution in [0.4, 0.5) is 0 Å². The molecule has 0 aromatic heterocycles. The Morgan fingerprint density at radius 3 is 2.65 bits per heavy atom. The maximum atomic E-state index is 11.8. The van der Waals surface area contributed by atoms with Gasteiger partial charge < -0.3 is 9.84 Å². The average molecular weight is 266 g/mol. The molecule has 7 nitrogen and oxygen atoms in total. The molecule has 0 atom stereocenters. The molecule has 0 aromatic carbocycles. The van der Waals surface area contributed by atoms with Crippen LogP contribution in [0.2, 0.25) is 0 Å². The van der Waals surface area contributed by atoms with Gasteiger partial charge in [0.2, 0.25) is 0 Å². The molecule has 1 aliphatic rings. The van der Waals surface area contributed by atoms with Crippen LogP contribution >= 0.6 is 0 Å². The Labute approximate surface area is 101 Å². The number of carboxylic acid groups (broad SMARTS) is 1. The minimum Gasteiger partial charge on any atom is -0.480 e. The minimum atomic E-state index is -3.72. The van der Waals surface area contributed by atoms with Gasteiger partial charge in [0.25, 0.3) is 10.2 Å². The molecule has 0 amide bonds. The number of aliphatic carboxylic acids is 1. The third kappa shape index (κ3) is 5.44. The van der Waals surface area contributed by atoms with Crippen molar-refractivity contribution in [3.8, 4) is 0 Å². The van der Waals surface area contributed by atoms with E-state index in [0.29, 0.717) is 5.92 Å². The van der Waals surface area contributed by atoms with E-state index in [9.17, 15) is 13.2 Å². The number of hydrogen-bond acceptors (Lipinski definition) is 4.